The molecule has 2 N–H and O–H groups in total. The molecule has 0 bridgehead atoms. The molecular formula is C14H13ClN2O3S. The summed E-state index contributed by atoms with van der Waals surface area (Å²) in [4.78, 5) is 11.8. The van der Waals surface area contributed by atoms with Gasteiger partial charge in [0.05, 0.1) is 9.92 Å². The van der Waals surface area contributed by atoms with E-state index in [0.29, 0.717) is 11.4 Å². The third-order valence-corrected chi connectivity index (χ3v) is 4.20. The summed E-state index contributed by atoms with van der Waals surface area (Å²) in [5.74, 6) is 0. The number of amides is 2. The van der Waals surface area contributed by atoms with Gasteiger partial charge in [-0.1, -0.05) is 29.8 Å². The fourth-order valence-electron chi connectivity index (χ4n) is 1.68. The topological polar surface area (TPSA) is 75.3 Å². The molecule has 7 heteroatoms. The molecular weight excluding hydrogens is 312 g/mol. The van der Waals surface area contributed by atoms with Crippen molar-refractivity contribution in [3.63, 3.8) is 0 Å². The van der Waals surface area contributed by atoms with E-state index in [2.05, 4.69) is 10.6 Å². The summed E-state index contributed by atoms with van der Waals surface area (Å²) in [6.45, 7) is 0. The fraction of sp³-hybridized carbons (Fsp3) is 0.0714. The number of hydrogen-bond acceptors (Lipinski definition) is 3. The van der Waals surface area contributed by atoms with Crippen LogP contribution in [0.15, 0.2) is 53.4 Å². The number of sulfone groups is 1. The molecule has 0 saturated carbocycles. The van der Waals surface area contributed by atoms with Crippen LogP contribution in [0.25, 0.3) is 0 Å². The normalized spacial score (nSPS) is 11.0. The molecule has 2 rings (SSSR count). The molecule has 0 aliphatic heterocycles. The number of carbonyl (C=O) groups is 1. The smallest absolute Gasteiger partial charge is 0.308 e. The molecule has 2 aromatic rings. The molecule has 0 heterocycles. The molecule has 0 unspecified atom stereocenters. The first-order chi connectivity index (χ1) is 9.86. The SMILES string of the molecule is CS(=O)(=O)c1cc(NC(=O)Nc2ccccc2)ccc1Cl. The van der Waals surface area contributed by atoms with Gasteiger partial charge in [0.2, 0.25) is 0 Å². The van der Waals surface area contributed by atoms with Crippen LogP contribution in [0.5, 0.6) is 0 Å². The van der Waals surface area contributed by atoms with Crippen LogP contribution in [0, 0.1) is 0 Å². The molecule has 0 aromatic heterocycles. The molecule has 5 nitrogen and oxygen atoms in total. The van der Waals surface area contributed by atoms with Crippen molar-refractivity contribution < 1.29 is 13.2 Å². The molecule has 21 heavy (non-hydrogen) atoms. The first-order valence-electron chi connectivity index (χ1n) is 5.99. The summed E-state index contributed by atoms with van der Waals surface area (Å²) in [6.07, 6.45) is 1.06. The highest BCUT2D eigenvalue weighted by Gasteiger charge is 2.13. The van der Waals surface area contributed by atoms with Crippen LogP contribution in [0.3, 0.4) is 0 Å². The highest BCUT2D eigenvalue weighted by molar-refractivity contribution is 7.90. The van der Waals surface area contributed by atoms with E-state index >= 15 is 0 Å². The number of hydrogen-bond donors (Lipinski definition) is 2. The van der Waals surface area contributed by atoms with Crippen LogP contribution in [0.2, 0.25) is 5.02 Å². The van der Waals surface area contributed by atoms with Crippen molar-refractivity contribution in [2.45, 2.75) is 4.90 Å². The average Bonchev–Trinajstić information content (AvgIpc) is 2.41. The first-order valence-corrected chi connectivity index (χ1v) is 8.26. The largest absolute Gasteiger partial charge is 0.323 e. The summed E-state index contributed by atoms with van der Waals surface area (Å²) in [7, 11) is -3.45. The Balaban J connectivity index is 2.15. The number of benzene rings is 2. The number of para-hydroxylation sites is 1. The zero-order valence-electron chi connectivity index (χ0n) is 11.1. The second kappa shape index (κ2) is 6.15. The van der Waals surface area contributed by atoms with Crippen molar-refractivity contribution in [3.05, 3.63) is 53.6 Å². The van der Waals surface area contributed by atoms with Gasteiger partial charge in [0, 0.05) is 17.6 Å². The minimum Gasteiger partial charge on any atom is -0.308 e. The molecule has 0 radical (unpaired) electrons. The quantitative estimate of drug-likeness (QED) is 0.908. The minimum atomic E-state index is -3.45. The standard InChI is InChI=1S/C14H13ClN2O3S/c1-21(19,20)13-9-11(7-8-12(13)15)17-14(18)16-10-5-3-2-4-6-10/h2-9H,1H3,(H2,16,17,18). The molecule has 0 saturated heterocycles. The van der Waals surface area contributed by atoms with Crippen LogP contribution in [-0.2, 0) is 9.84 Å². The predicted octanol–water partition coefficient (Wildman–Crippen LogP) is 3.39. The third-order valence-electron chi connectivity index (χ3n) is 2.62. The van der Waals surface area contributed by atoms with Gasteiger partial charge >= 0.3 is 6.03 Å². The lowest BCUT2D eigenvalue weighted by molar-refractivity contribution is 0.262. The Morgan fingerprint density at radius 3 is 2.24 bits per heavy atom. The fourth-order valence-corrected chi connectivity index (χ4v) is 2.98. The van der Waals surface area contributed by atoms with Crippen molar-refractivity contribution in [1.82, 2.24) is 0 Å². The molecule has 0 spiro atoms. The van der Waals surface area contributed by atoms with Crippen molar-refractivity contribution >= 4 is 38.8 Å². The predicted molar refractivity (Wildman–Crippen MR) is 83.6 cm³/mol. The van der Waals surface area contributed by atoms with Gasteiger partial charge in [0.1, 0.15) is 0 Å². The number of rotatable bonds is 3. The number of carbonyl (C=O) groups excluding carboxylic acids is 1. The summed E-state index contributed by atoms with van der Waals surface area (Å²) >= 11 is 5.84. The van der Waals surface area contributed by atoms with E-state index in [1.807, 2.05) is 6.07 Å². The van der Waals surface area contributed by atoms with Crippen LogP contribution >= 0.6 is 11.6 Å². The lowest BCUT2D eigenvalue weighted by Crippen LogP contribution is -2.19. The molecule has 0 fully saturated rings. The summed E-state index contributed by atoms with van der Waals surface area (Å²) < 4.78 is 23.1. The van der Waals surface area contributed by atoms with E-state index in [1.54, 1.807) is 24.3 Å². The minimum absolute atomic E-state index is 0.0262. The molecule has 0 atom stereocenters. The highest BCUT2D eigenvalue weighted by Crippen LogP contribution is 2.25. The van der Waals surface area contributed by atoms with Crippen LogP contribution in [0.1, 0.15) is 0 Å². The van der Waals surface area contributed by atoms with Crippen molar-refractivity contribution in [1.29, 1.82) is 0 Å². The van der Waals surface area contributed by atoms with E-state index < -0.39 is 15.9 Å². The van der Waals surface area contributed by atoms with Crippen LogP contribution in [-0.4, -0.2) is 20.7 Å². The lowest BCUT2D eigenvalue weighted by Gasteiger charge is -2.09. The summed E-state index contributed by atoms with van der Waals surface area (Å²) in [6, 6.07) is 12.7. The first kappa shape index (κ1) is 15.3. The van der Waals surface area contributed by atoms with E-state index in [0.717, 1.165) is 6.26 Å². The number of halogens is 1. The third kappa shape index (κ3) is 4.21. The van der Waals surface area contributed by atoms with Gasteiger partial charge in [-0.3, -0.25) is 0 Å². The monoisotopic (exact) mass is 324 g/mol. The van der Waals surface area contributed by atoms with Crippen LogP contribution in [0.4, 0.5) is 16.2 Å². The Bertz CT molecular complexity index is 761. The Labute approximate surface area is 127 Å². The van der Waals surface area contributed by atoms with E-state index in [9.17, 15) is 13.2 Å². The highest BCUT2D eigenvalue weighted by atomic mass is 35.5. The van der Waals surface area contributed by atoms with Gasteiger partial charge in [-0.2, -0.15) is 0 Å². The molecule has 0 aliphatic rings. The maximum absolute atomic E-state index is 11.8. The van der Waals surface area contributed by atoms with Gasteiger partial charge < -0.3 is 10.6 Å². The van der Waals surface area contributed by atoms with Gasteiger partial charge in [0.25, 0.3) is 0 Å². The second-order valence-electron chi connectivity index (χ2n) is 4.36. The zero-order chi connectivity index (χ0) is 15.5. The molecule has 2 aromatic carbocycles. The van der Waals surface area contributed by atoms with E-state index in [-0.39, 0.29) is 9.92 Å². The molecule has 2 amide bonds. The van der Waals surface area contributed by atoms with Gasteiger partial charge in [-0.25, -0.2) is 13.2 Å². The lowest BCUT2D eigenvalue weighted by atomic mass is 10.3. The Kier molecular flexibility index (Phi) is 4.50. The van der Waals surface area contributed by atoms with Crippen molar-refractivity contribution in [2.75, 3.05) is 16.9 Å². The van der Waals surface area contributed by atoms with Gasteiger partial charge in [-0.05, 0) is 30.3 Å². The Hall–Kier alpha value is -2.05. The Morgan fingerprint density at radius 1 is 1.00 bits per heavy atom. The number of nitrogens with one attached hydrogen (secondary N) is 2. The molecule has 110 valence electrons. The molecule has 0 aliphatic carbocycles. The number of urea groups is 1. The van der Waals surface area contributed by atoms with Gasteiger partial charge in [-0.15, -0.1) is 0 Å². The second-order valence-corrected chi connectivity index (χ2v) is 6.75. The van der Waals surface area contributed by atoms with Crippen LogP contribution < -0.4 is 10.6 Å². The number of anilines is 2. The zero-order valence-corrected chi connectivity index (χ0v) is 12.7. The summed E-state index contributed by atoms with van der Waals surface area (Å²) in [5.41, 5.74) is 0.973. The average molecular weight is 325 g/mol. The van der Waals surface area contributed by atoms with Gasteiger partial charge in [0.15, 0.2) is 9.84 Å². The van der Waals surface area contributed by atoms with Crippen molar-refractivity contribution in [2.24, 2.45) is 0 Å². The van der Waals surface area contributed by atoms with E-state index in [1.165, 1.54) is 18.2 Å². The maximum Gasteiger partial charge on any atom is 0.323 e. The maximum atomic E-state index is 11.8. The summed E-state index contributed by atoms with van der Waals surface area (Å²) in [5, 5.41) is 5.30. The Morgan fingerprint density at radius 2 is 1.62 bits per heavy atom. The van der Waals surface area contributed by atoms with Crippen molar-refractivity contribution in [3.8, 4) is 0 Å². The van der Waals surface area contributed by atoms with E-state index in [4.69, 9.17) is 11.6 Å².